The van der Waals surface area contributed by atoms with Gasteiger partial charge in [0.15, 0.2) is 0 Å². The van der Waals surface area contributed by atoms with Crippen LogP contribution in [0.25, 0.3) is 11.5 Å². The number of nitrogens with two attached hydrogens (primary N) is 1. The van der Waals surface area contributed by atoms with E-state index < -0.39 is 0 Å². The molecule has 0 saturated heterocycles. The summed E-state index contributed by atoms with van der Waals surface area (Å²) >= 11 is 0. The van der Waals surface area contributed by atoms with Gasteiger partial charge in [0.2, 0.25) is 11.7 Å². The van der Waals surface area contributed by atoms with E-state index in [0.29, 0.717) is 24.2 Å². The molecule has 1 aliphatic rings. The van der Waals surface area contributed by atoms with Crippen molar-refractivity contribution in [2.24, 2.45) is 11.7 Å². The smallest absolute Gasteiger partial charge is 0.230 e. The molecule has 2 aromatic heterocycles. The minimum absolute atomic E-state index is 0.305. The van der Waals surface area contributed by atoms with Crippen LogP contribution in [0.3, 0.4) is 0 Å². The lowest BCUT2D eigenvalue weighted by Crippen LogP contribution is -2.25. The van der Waals surface area contributed by atoms with Crippen LogP contribution in [0.5, 0.6) is 0 Å². The summed E-state index contributed by atoms with van der Waals surface area (Å²) in [5.41, 5.74) is 7.72. The van der Waals surface area contributed by atoms with Crippen LogP contribution in [0.4, 0.5) is 0 Å². The van der Waals surface area contributed by atoms with Gasteiger partial charge in [-0.3, -0.25) is 4.98 Å². The highest BCUT2D eigenvalue weighted by atomic mass is 16.5. The maximum Gasteiger partial charge on any atom is 0.230 e. The van der Waals surface area contributed by atoms with Gasteiger partial charge in [0.25, 0.3) is 0 Å². The van der Waals surface area contributed by atoms with Crippen LogP contribution in [0.1, 0.15) is 43.1 Å². The lowest BCUT2D eigenvalue weighted by molar-refractivity contribution is 0.249. The molecule has 0 radical (unpaired) electrons. The van der Waals surface area contributed by atoms with E-state index in [1.165, 1.54) is 12.8 Å². The molecule has 1 fully saturated rings. The molecule has 5 heteroatoms. The average molecular weight is 272 g/mol. The summed E-state index contributed by atoms with van der Waals surface area (Å²) in [7, 11) is 0. The first-order chi connectivity index (χ1) is 9.79. The Hall–Kier alpha value is -1.75. The average Bonchev–Trinajstić information content (AvgIpc) is 2.97. The topological polar surface area (TPSA) is 77.8 Å². The summed E-state index contributed by atoms with van der Waals surface area (Å²) in [6.45, 7) is 2.69. The number of pyridine rings is 1. The van der Waals surface area contributed by atoms with Crippen LogP contribution in [0, 0.1) is 12.8 Å². The van der Waals surface area contributed by atoms with Crippen molar-refractivity contribution >= 4 is 0 Å². The van der Waals surface area contributed by atoms with Gasteiger partial charge >= 0.3 is 0 Å². The Morgan fingerprint density at radius 2 is 2.20 bits per heavy atom. The maximum absolute atomic E-state index is 5.87. The molecule has 1 aliphatic carbocycles. The van der Waals surface area contributed by atoms with Gasteiger partial charge in [-0.05, 0) is 43.9 Å². The summed E-state index contributed by atoms with van der Waals surface area (Å²) in [6.07, 6.45) is 6.45. The fraction of sp³-hybridized carbons (Fsp3) is 0.533. The van der Waals surface area contributed by atoms with Crippen LogP contribution in [-0.2, 0) is 0 Å². The first kappa shape index (κ1) is 13.2. The summed E-state index contributed by atoms with van der Waals surface area (Å²) in [5, 5.41) is 4.10. The Kier molecular flexibility index (Phi) is 3.78. The zero-order valence-electron chi connectivity index (χ0n) is 11.7. The first-order valence-electron chi connectivity index (χ1n) is 7.25. The van der Waals surface area contributed by atoms with Crippen molar-refractivity contribution in [3.05, 3.63) is 29.8 Å². The third-order valence-corrected chi connectivity index (χ3v) is 4.19. The van der Waals surface area contributed by atoms with E-state index >= 15 is 0 Å². The Labute approximate surface area is 118 Å². The second-order valence-corrected chi connectivity index (χ2v) is 5.51. The molecule has 3 rings (SSSR count). The highest BCUT2D eigenvalue weighted by Gasteiger charge is 2.30. The zero-order valence-corrected chi connectivity index (χ0v) is 11.7. The molecule has 106 valence electrons. The predicted octanol–water partition coefficient (Wildman–Crippen LogP) is 2.67. The van der Waals surface area contributed by atoms with Crippen molar-refractivity contribution < 1.29 is 4.52 Å². The lowest BCUT2D eigenvalue weighted by Gasteiger charge is -2.27. The van der Waals surface area contributed by atoms with Gasteiger partial charge in [-0.15, -0.1) is 0 Å². The van der Waals surface area contributed by atoms with E-state index in [9.17, 15) is 0 Å². The SMILES string of the molecule is Cc1cccnc1-c1noc(C2CCCCC2CN)n1. The Balaban J connectivity index is 1.88. The molecule has 2 N–H and O–H groups in total. The van der Waals surface area contributed by atoms with E-state index in [2.05, 4.69) is 15.1 Å². The van der Waals surface area contributed by atoms with Gasteiger partial charge in [0.05, 0.1) is 0 Å². The fourth-order valence-corrected chi connectivity index (χ4v) is 3.02. The zero-order chi connectivity index (χ0) is 13.9. The van der Waals surface area contributed by atoms with Crippen molar-refractivity contribution in [2.75, 3.05) is 6.54 Å². The molecule has 0 spiro atoms. The minimum Gasteiger partial charge on any atom is -0.339 e. The Morgan fingerprint density at radius 1 is 1.35 bits per heavy atom. The Morgan fingerprint density at radius 3 is 3.00 bits per heavy atom. The molecule has 0 bridgehead atoms. The van der Waals surface area contributed by atoms with E-state index in [0.717, 1.165) is 30.0 Å². The quantitative estimate of drug-likeness (QED) is 0.929. The number of rotatable bonds is 3. The van der Waals surface area contributed by atoms with Crippen molar-refractivity contribution in [2.45, 2.75) is 38.5 Å². The molecule has 2 atom stereocenters. The van der Waals surface area contributed by atoms with E-state index in [-0.39, 0.29) is 0 Å². The number of hydrogen-bond acceptors (Lipinski definition) is 5. The normalized spacial score (nSPS) is 22.9. The van der Waals surface area contributed by atoms with Crippen LogP contribution in [-0.4, -0.2) is 21.7 Å². The Bertz CT molecular complexity index is 581. The van der Waals surface area contributed by atoms with Crippen molar-refractivity contribution in [3.63, 3.8) is 0 Å². The van der Waals surface area contributed by atoms with Gasteiger partial charge in [-0.2, -0.15) is 4.98 Å². The highest BCUT2D eigenvalue weighted by Crippen LogP contribution is 2.37. The van der Waals surface area contributed by atoms with E-state index in [4.69, 9.17) is 10.3 Å². The third-order valence-electron chi connectivity index (χ3n) is 4.19. The van der Waals surface area contributed by atoms with Crippen LogP contribution >= 0.6 is 0 Å². The molecular formula is C15H20N4O. The summed E-state index contributed by atoms with van der Waals surface area (Å²) in [6, 6.07) is 3.91. The monoisotopic (exact) mass is 272 g/mol. The van der Waals surface area contributed by atoms with Crippen LogP contribution < -0.4 is 5.73 Å². The lowest BCUT2D eigenvalue weighted by atomic mass is 9.79. The molecule has 2 aromatic rings. The molecule has 0 aromatic carbocycles. The molecule has 2 heterocycles. The number of aryl methyl sites for hydroxylation is 1. The third kappa shape index (κ3) is 2.45. The van der Waals surface area contributed by atoms with Crippen LogP contribution in [0.2, 0.25) is 0 Å². The van der Waals surface area contributed by atoms with Crippen LogP contribution in [0.15, 0.2) is 22.9 Å². The van der Waals surface area contributed by atoms with Crippen molar-refractivity contribution in [1.29, 1.82) is 0 Å². The number of aromatic nitrogens is 3. The first-order valence-corrected chi connectivity index (χ1v) is 7.25. The van der Waals surface area contributed by atoms with Gasteiger partial charge in [0.1, 0.15) is 5.69 Å². The van der Waals surface area contributed by atoms with Gasteiger partial charge < -0.3 is 10.3 Å². The van der Waals surface area contributed by atoms with E-state index in [1.807, 2.05) is 19.1 Å². The second-order valence-electron chi connectivity index (χ2n) is 5.51. The summed E-state index contributed by atoms with van der Waals surface area (Å²) < 4.78 is 5.49. The molecule has 0 aliphatic heterocycles. The molecule has 1 saturated carbocycles. The molecule has 0 amide bonds. The molecular weight excluding hydrogens is 252 g/mol. The van der Waals surface area contributed by atoms with Gasteiger partial charge in [-0.25, -0.2) is 0 Å². The minimum atomic E-state index is 0.305. The summed E-state index contributed by atoms with van der Waals surface area (Å²) in [4.78, 5) is 8.90. The summed E-state index contributed by atoms with van der Waals surface area (Å²) in [5.74, 6) is 2.07. The largest absolute Gasteiger partial charge is 0.339 e. The number of hydrogen-bond donors (Lipinski definition) is 1. The highest BCUT2D eigenvalue weighted by molar-refractivity contribution is 5.53. The van der Waals surface area contributed by atoms with Gasteiger partial charge in [0, 0.05) is 12.1 Å². The second kappa shape index (κ2) is 5.71. The molecule has 5 nitrogen and oxygen atoms in total. The maximum atomic E-state index is 5.87. The van der Waals surface area contributed by atoms with Crippen molar-refractivity contribution in [1.82, 2.24) is 15.1 Å². The molecule has 2 unspecified atom stereocenters. The predicted molar refractivity (Wildman–Crippen MR) is 76.0 cm³/mol. The molecule has 20 heavy (non-hydrogen) atoms. The fourth-order valence-electron chi connectivity index (χ4n) is 3.02. The standard InChI is InChI=1S/C15H20N4O/c1-10-5-4-8-17-13(10)14-18-15(20-19-14)12-7-3-2-6-11(12)9-16/h4-5,8,11-12H,2-3,6-7,9,16H2,1H3. The van der Waals surface area contributed by atoms with Crippen molar-refractivity contribution in [3.8, 4) is 11.5 Å². The van der Waals surface area contributed by atoms with Gasteiger partial charge in [-0.1, -0.05) is 24.1 Å². The number of nitrogens with zero attached hydrogens (tertiary/aromatic N) is 3. The van der Waals surface area contributed by atoms with E-state index in [1.54, 1.807) is 6.20 Å².